The molecule has 0 unspecified atom stereocenters. The highest BCUT2D eigenvalue weighted by Crippen LogP contribution is 2.12. The van der Waals surface area contributed by atoms with Gasteiger partial charge in [0.15, 0.2) is 0 Å². The molecule has 1 aliphatic rings. The van der Waals surface area contributed by atoms with E-state index in [1.807, 2.05) is 0 Å². The van der Waals surface area contributed by atoms with Gasteiger partial charge in [-0.25, -0.2) is 0 Å². The quantitative estimate of drug-likeness (QED) is 0.736. The van der Waals surface area contributed by atoms with E-state index in [0.29, 0.717) is 19.0 Å². The number of methoxy groups -OCH3 is 1. The highest BCUT2D eigenvalue weighted by molar-refractivity contribution is 5.82. The Morgan fingerprint density at radius 1 is 1.37 bits per heavy atom. The highest BCUT2D eigenvalue weighted by atomic mass is 16.5. The molecule has 1 rings (SSSR count). The van der Waals surface area contributed by atoms with Crippen LogP contribution in [0.15, 0.2) is 0 Å². The number of esters is 1. The van der Waals surface area contributed by atoms with E-state index >= 15 is 0 Å². The predicted molar refractivity (Wildman–Crippen MR) is 73.7 cm³/mol. The summed E-state index contributed by atoms with van der Waals surface area (Å²) in [7, 11) is 1.37. The van der Waals surface area contributed by atoms with Gasteiger partial charge in [-0.15, -0.1) is 0 Å². The van der Waals surface area contributed by atoms with Crippen molar-refractivity contribution in [3.05, 3.63) is 0 Å². The van der Waals surface area contributed by atoms with Crippen molar-refractivity contribution < 1.29 is 14.3 Å². The molecular weight excluding hydrogens is 244 g/mol. The van der Waals surface area contributed by atoms with E-state index < -0.39 is 0 Å². The summed E-state index contributed by atoms with van der Waals surface area (Å²) in [4.78, 5) is 25.5. The minimum absolute atomic E-state index is 0.0786. The molecule has 0 bridgehead atoms. The van der Waals surface area contributed by atoms with Crippen LogP contribution in [-0.4, -0.2) is 49.6 Å². The third-order valence-electron chi connectivity index (χ3n) is 3.32. The van der Waals surface area contributed by atoms with Crippen LogP contribution >= 0.6 is 0 Å². The third kappa shape index (κ3) is 5.59. The molecule has 5 nitrogen and oxygen atoms in total. The van der Waals surface area contributed by atoms with E-state index in [2.05, 4.69) is 23.9 Å². The SMILES string of the molecule is COC(=O)CCN(CC(C)C)C(=O)[C@H]1CCCCN1. The van der Waals surface area contributed by atoms with Gasteiger partial charge < -0.3 is 15.0 Å². The molecule has 1 amide bonds. The molecule has 1 fully saturated rings. The van der Waals surface area contributed by atoms with E-state index in [1.165, 1.54) is 7.11 Å². The Kier molecular flexibility index (Phi) is 6.84. The van der Waals surface area contributed by atoms with Crippen LogP contribution in [0.1, 0.15) is 39.5 Å². The monoisotopic (exact) mass is 270 g/mol. The maximum atomic E-state index is 12.4. The summed E-state index contributed by atoms with van der Waals surface area (Å²) in [6.07, 6.45) is 3.39. The molecular formula is C14H26N2O3. The second kappa shape index (κ2) is 8.15. The Morgan fingerprint density at radius 2 is 2.11 bits per heavy atom. The maximum Gasteiger partial charge on any atom is 0.307 e. The van der Waals surface area contributed by atoms with E-state index in [4.69, 9.17) is 0 Å². The van der Waals surface area contributed by atoms with E-state index in [9.17, 15) is 9.59 Å². The van der Waals surface area contributed by atoms with Crippen molar-refractivity contribution in [2.45, 2.75) is 45.6 Å². The van der Waals surface area contributed by atoms with Gasteiger partial charge in [-0.2, -0.15) is 0 Å². The Labute approximate surface area is 115 Å². The Morgan fingerprint density at radius 3 is 2.63 bits per heavy atom. The third-order valence-corrected chi connectivity index (χ3v) is 3.32. The number of piperidine rings is 1. The highest BCUT2D eigenvalue weighted by Gasteiger charge is 2.26. The second-order valence-corrected chi connectivity index (χ2v) is 5.51. The molecule has 1 aliphatic heterocycles. The first-order chi connectivity index (χ1) is 9.04. The number of rotatable bonds is 6. The van der Waals surface area contributed by atoms with Crippen LogP contribution in [0.25, 0.3) is 0 Å². The lowest BCUT2D eigenvalue weighted by molar-refractivity contribution is -0.142. The Balaban J connectivity index is 2.55. The minimum Gasteiger partial charge on any atom is -0.469 e. The van der Waals surface area contributed by atoms with Gasteiger partial charge in [0, 0.05) is 13.1 Å². The molecule has 110 valence electrons. The Hall–Kier alpha value is -1.10. The first-order valence-corrected chi connectivity index (χ1v) is 7.13. The van der Waals surface area contributed by atoms with Crippen molar-refractivity contribution in [1.29, 1.82) is 0 Å². The molecule has 19 heavy (non-hydrogen) atoms. The van der Waals surface area contributed by atoms with Crippen molar-refractivity contribution in [3.63, 3.8) is 0 Å². The standard InChI is InChI=1S/C14H26N2O3/c1-11(2)10-16(9-7-13(17)19-3)14(18)12-6-4-5-8-15-12/h11-12,15H,4-10H2,1-3H3/t12-/m1/s1. The average Bonchev–Trinajstić information content (AvgIpc) is 2.42. The molecule has 0 saturated carbocycles. The lowest BCUT2D eigenvalue weighted by atomic mass is 10.0. The zero-order valence-corrected chi connectivity index (χ0v) is 12.3. The Bertz CT molecular complexity index is 299. The molecule has 5 heteroatoms. The normalized spacial score (nSPS) is 19.3. The lowest BCUT2D eigenvalue weighted by Gasteiger charge is -2.31. The zero-order chi connectivity index (χ0) is 14.3. The van der Waals surface area contributed by atoms with Gasteiger partial charge in [0.25, 0.3) is 0 Å². The molecule has 0 aromatic carbocycles. The van der Waals surface area contributed by atoms with Crippen LogP contribution in [0.2, 0.25) is 0 Å². The summed E-state index contributed by atoms with van der Waals surface area (Å²) < 4.78 is 4.64. The van der Waals surface area contributed by atoms with Crippen molar-refractivity contribution in [3.8, 4) is 0 Å². The van der Waals surface area contributed by atoms with E-state index in [1.54, 1.807) is 4.90 Å². The number of nitrogens with zero attached hydrogens (tertiary/aromatic N) is 1. The van der Waals surface area contributed by atoms with Crippen LogP contribution in [0.4, 0.5) is 0 Å². The summed E-state index contributed by atoms with van der Waals surface area (Å²) >= 11 is 0. The number of carbonyl (C=O) groups excluding carboxylic acids is 2. The van der Waals surface area contributed by atoms with Crippen LogP contribution in [0.3, 0.4) is 0 Å². The average molecular weight is 270 g/mol. The van der Waals surface area contributed by atoms with Gasteiger partial charge >= 0.3 is 5.97 Å². The minimum atomic E-state index is -0.266. The van der Waals surface area contributed by atoms with Gasteiger partial charge in [-0.1, -0.05) is 20.3 Å². The molecule has 0 aromatic rings. The number of amides is 1. The summed E-state index contributed by atoms with van der Waals surface area (Å²) in [6.45, 7) is 6.19. The molecule has 0 spiro atoms. The van der Waals surface area contributed by atoms with Gasteiger partial charge in [0.05, 0.1) is 19.6 Å². The summed E-state index contributed by atoms with van der Waals surface area (Å²) in [6, 6.07) is -0.0786. The van der Waals surface area contributed by atoms with Crippen LogP contribution < -0.4 is 5.32 Å². The van der Waals surface area contributed by atoms with Gasteiger partial charge in [-0.05, 0) is 25.3 Å². The predicted octanol–water partition coefficient (Wildman–Crippen LogP) is 1.18. The molecule has 1 heterocycles. The molecule has 1 atom stereocenters. The number of ether oxygens (including phenoxy) is 1. The number of nitrogens with one attached hydrogen (secondary N) is 1. The summed E-state index contributed by atoms with van der Waals surface area (Å²) in [5, 5.41) is 3.27. The largest absolute Gasteiger partial charge is 0.469 e. The topological polar surface area (TPSA) is 58.6 Å². The second-order valence-electron chi connectivity index (χ2n) is 5.51. The first kappa shape index (κ1) is 16.0. The number of hydrogen-bond donors (Lipinski definition) is 1. The number of hydrogen-bond acceptors (Lipinski definition) is 4. The maximum absolute atomic E-state index is 12.4. The molecule has 0 aromatic heterocycles. The van der Waals surface area contributed by atoms with Crippen molar-refractivity contribution >= 4 is 11.9 Å². The van der Waals surface area contributed by atoms with Crippen molar-refractivity contribution in [2.24, 2.45) is 5.92 Å². The van der Waals surface area contributed by atoms with Crippen molar-refractivity contribution in [1.82, 2.24) is 10.2 Å². The molecule has 0 aliphatic carbocycles. The fourth-order valence-corrected chi connectivity index (χ4v) is 2.34. The fraction of sp³-hybridized carbons (Fsp3) is 0.857. The van der Waals surface area contributed by atoms with Gasteiger partial charge in [0.1, 0.15) is 0 Å². The van der Waals surface area contributed by atoms with Crippen LogP contribution in [-0.2, 0) is 14.3 Å². The summed E-state index contributed by atoms with van der Waals surface area (Å²) in [5.41, 5.74) is 0. The van der Waals surface area contributed by atoms with Crippen molar-refractivity contribution in [2.75, 3.05) is 26.7 Å². The van der Waals surface area contributed by atoms with E-state index in [0.717, 1.165) is 25.8 Å². The fourth-order valence-electron chi connectivity index (χ4n) is 2.34. The van der Waals surface area contributed by atoms with Gasteiger partial charge in [-0.3, -0.25) is 9.59 Å². The molecule has 1 N–H and O–H groups in total. The molecule has 0 radical (unpaired) electrons. The zero-order valence-electron chi connectivity index (χ0n) is 12.3. The molecule has 1 saturated heterocycles. The summed E-state index contributed by atoms with van der Waals surface area (Å²) in [5.74, 6) is 0.251. The first-order valence-electron chi connectivity index (χ1n) is 7.13. The van der Waals surface area contributed by atoms with Gasteiger partial charge in [0.2, 0.25) is 5.91 Å². The lowest BCUT2D eigenvalue weighted by Crippen LogP contribution is -2.50. The van der Waals surface area contributed by atoms with Crippen LogP contribution in [0.5, 0.6) is 0 Å². The van der Waals surface area contributed by atoms with Crippen LogP contribution in [0, 0.1) is 5.92 Å². The van der Waals surface area contributed by atoms with E-state index in [-0.39, 0.29) is 24.3 Å². The smallest absolute Gasteiger partial charge is 0.307 e. The number of carbonyl (C=O) groups is 2.